The molecule has 0 unspecified atom stereocenters. The standard InChI is InChI=1S/C17H17N3O4S/c1-4-25(22,23)11-5-6-15(24-3)12(7-11)14-9-20(2)17(21)13-8-18-10-19-16(13)14/h5-10H,4H2,1-3H3. The summed E-state index contributed by atoms with van der Waals surface area (Å²) in [4.78, 5) is 20.6. The van der Waals surface area contributed by atoms with Gasteiger partial charge in [-0.2, -0.15) is 0 Å². The molecule has 0 fully saturated rings. The van der Waals surface area contributed by atoms with E-state index < -0.39 is 9.84 Å². The summed E-state index contributed by atoms with van der Waals surface area (Å²) in [5.74, 6) is 0.489. The van der Waals surface area contributed by atoms with Gasteiger partial charge < -0.3 is 9.30 Å². The Kier molecular flexibility index (Phi) is 4.30. The number of pyridine rings is 1. The first-order valence-electron chi connectivity index (χ1n) is 7.59. The maximum absolute atomic E-state index is 12.3. The Morgan fingerprint density at radius 2 is 2.00 bits per heavy atom. The van der Waals surface area contributed by atoms with Gasteiger partial charge in [0, 0.05) is 30.6 Å². The number of sulfone groups is 1. The fourth-order valence-corrected chi connectivity index (χ4v) is 3.57. The number of fused-ring (bicyclic) bond motifs is 1. The van der Waals surface area contributed by atoms with Crippen LogP contribution in [0.2, 0.25) is 0 Å². The van der Waals surface area contributed by atoms with E-state index in [1.807, 2.05) is 0 Å². The summed E-state index contributed by atoms with van der Waals surface area (Å²) in [6.45, 7) is 1.59. The highest BCUT2D eigenvalue weighted by Gasteiger charge is 2.18. The largest absolute Gasteiger partial charge is 0.496 e. The number of ether oxygens (including phenoxy) is 1. The van der Waals surface area contributed by atoms with Gasteiger partial charge in [-0.3, -0.25) is 4.79 Å². The topological polar surface area (TPSA) is 91.2 Å². The third-order valence-electron chi connectivity index (χ3n) is 4.04. The van der Waals surface area contributed by atoms with Gasteiger partial charge in [-0.05, 0) is 18.2 Å². The number of rotatable bonds is 4. The molecule has 3 aromatic rings. The predicted octanol–water partition coefficient (Wildman–Crippen LogP) is 1.80. The SMILES string of the molecule is CCS(=O)(=O)c1ccc(OC)c(-c2cn(C)c(=O)c3cncnc23)c1. The number of hydrogen-bond acceptors (Lipinski definition) is 6. The Morgan fingerprint density at radius 1 is 1.24 bits per heavy atom. The van der Waals surface area contributed by atoms with Crippen molar-refractivity contribution in [3.05, 3.63) is 47.3 Å². The quantitative estimate of drug-likeness (QED) is 0.705. The van der Waals surface area contributed by atoms with Crippen molar-refractivity contribution >= 4 is 20.7 Å². The summed E-state index contributed by atoms with van der Waals surface area (Å²) in [7, 11) is -0.254. The zero-order valence-electron chi connectivity index (χ0n) is 14.1. The van der Waals surface area contributed by atoms with Crippen molar-refractivity contribution in [1.29, 1.82) is 0 Å². The molecule has 0 N–H and O–H groups in total. The van der Waals surface area contributed by atoms with E-state index in [-0.39, 0.29) is 16.2 Å². The zero-order valence-corrected chi connectivity index (χ0v) is 14.9. The van der Waals surface area contributed by atoms with Gasteiger partial charge in [0.05, 0.1) is 28.7 Å². The van der Waals surface area contributed by atoms with Gasteiger partial charge in [0.2, 0.25) is 0 Å². The monoisotopic (exact) mass is 359 g/mol. The third-order valence-corrected chi connectivity index (χ3v) is 5.77. The minimum absolute atomic E-state index is 0.00500. The second kappa shape index (κ2) is 6.29. The molecule has 1 aromatic carbocycles. The number of nitrogens with zero attached hydrogens (tertiary/aromatic N) is 3. The second-order valence-electron chi connectivity index (χ2n) is 5.51. The number of methoxy groups -OCH3 is 1. The molecule has 0 radical (unpaired) electrons. The maximum Gasteiger partial charge on any atom is 0.261 e. The fourth-order valence-electron chi connectivity index (χ4n) is 2.66. The zero-order chi connectivity index (χ0) is 18.2. The Bertz CT molecular complexity index is 1120. The van der Waals surface area contributed by atoms with E-state index >= 15 is 0 Å². The first-order valence-corrected chi connectivity index (χ1v) is 9.24. The molecule has 0 atom stereocenters. The molecule has 25 heavy (non-hydrogen) atoms. The second-order valence-corrected chi connectivity index (χ2v) is 7.79. The van der Waals surface area contributed by atoms with Gasteiger partial charge in [-0.15, -0.1) is 0 Å². The van der Waals surface area contributed by atoms with Crippen LogP contribution in [0.15, 0.2) is 46.6 Å². The minimum Gasteiger partial charge on any atom is -0.496 e. The van der Waals surface area contributed by atoms with Crippen molar-refractivity contribution < 1.29 is 13.2 Å². The molecule has 0 saturated carbocycles. The summed E-state index contributed by atoms with van der Waals surface area (Å²) in [6.07, 6.45) is 4.43. The summed E-state index contributed by atoms with van der Waals surface area (Å²) >= 11 is 0. The highest BCUT2D eigenvalue weighted by atomic mass is 32.2. The van der Waals surface area contributed by atoms with E-state index in [1.165, 1.54) is 30.3 Å². The molecule has 8 heteroatoms. The van der Waals surface area contributed by atoms with Gasteiger partial charge in [0.25, 0.3) is 5.56 Å². The molecule has 0 bridgehead atoms. The van der Waals surface area contributed by atoms with Crippen LogP contribution in [0.5, 0.6) is 5.75 Å². The average Bonchev–Trinajstić information content (AvgIpc) is 2.64. The Labute approximate surface area is 144 Å². The molecule has 7 nitrogen and oxygen atoms in total. The van der Waals surface area contributed by atoms with Crippen LogP contribution in [-0.4, -0.2) is 35.8 Å². The molecule has 3 rings (SSSR count). The van der Waals surface area contributed by atoms with Crippen molar-refractivity contribution in [3.8, 4) is 16.9 Å². The van der Waals surface area contributed by atoms with E-state index in [4.69, 9.17) is 4.74 Å². The van der Waals surface area contributed by atoms with Crippen LogP contribution in [0.1, 0.15) is 6.92 Å². The Morgan fingerprint density at radius 3 is 2.68 bits per heavy atom. The first-order chi connectivity index (χ1) is 11.9. The number of hydrogen-bond donors (Lipinski definition) is 0. The first kappa shape index (κ1) is 17.1. The lowest BCUT2D eigenvalue weighted by molar-refractivity contribution is 0.416. The smallest absolute Gasteiger partial charge is 0.261 e. The van der Waals surface area contributed by atoms with E-state index in [2.05, 4.69) is 9.97 Å². The normalized spacial score (nSPS) is 11.6. The molecule has 0 aliphatic carbocycles. The van der Waals surface area contributed by atoms with Crippen LogP contribution in [-0.2, 0) is 16.9 Å². The van der Waals surface area contributed by atoms with Crippen molar-refractivity contribution in [3.63, 3.8) is 0 Å². The Hall–Kier alpha value is -2.74. The van der Waals surface area contributed by atoms with Crippen molar-refractivity contribution in [2.24, 2.45) is 7.05 Å². The van der Waals surface area contributed by atoms with Crippen molar-refractivity contribution in [2.45, 2.75) is 11.8 Å². The molecular weight excluding hydrogens is 342 g/mol. The van der Waals surface area contributed by atoms with E-state index in [0.717, 1.165) is 0 Å². The fraction of sp³-hybridized carbons (Fsp3) is 0.235. The van der Waals surface area contributed by atoms with Crippen LogP contribution < -0.4 is 10.3 Å². The molecule has 0 saturated heterocycles. The van der Waals surface area contributed by atoms with Gasteiger partial charge in [0.1, 0.15) is 12.1 Å². The van der Waals surface area contributed by atoms with E-state index in [0.29, 0.717) is 27.8 Å². The molecule has 2 heterocycles. The highest BCUT2D eigenvalue weighted by molar-refractivity contribution is 7.91. The highest BCUT2D eigenvalue weighted by Crippen LogP contribution is 2.35. The minimum atomic E-state index is -3.38. The predicted molar refractivity (Wildman–Crippen MR) is 94.5 cm³/mol. The van der Waals surface area contributed by atoms with Gasteiger partial charge >= 0.3 is 0 Å². The van der Waals surface area contributed by atoms with Gasteiger partial charge in [-0.25, -0.2) is 18.4 Å². The van der Waals surface area contributed by atoms with E-state index in [9.17, 15) is 13.2 Å². The lowest BCUT2D eigenvalue weighted by atomic mass is 10.0. The van der Waals surface area contributed by atoms with Crippen LogP contribution >= 0.6 is 0 Å². The van der Waals surface area contributed by atoms with Gasteiger partial charge in [0.15, 0.2) is 9.84 Å². The van der Waals surface area contributed by atoms with Crippen LogP contribution in [0.4, 0.5) is 0 Å². The number of aryl methyl sites for hydroxylation is 1. The molecule has 2 aromatic heterocycles. The molecule has 0 aliphatic heterocycles. The summed E-state index contributed by atoms with van der Waals surface area (Å²) in [5.41, 5.74) is 1.37. The van der Waals surface area contributed by atoms with Crippen molar-refractivity contribution in [1.82, 2.24) is 14.5 Å². The number of aromatic nitrogens is 3. The van der Waals surface area contributed by atoms with Crippen LogP contribution in [0.3, 0.4) is 0 Å². The van der Waals surface area contributed by atoms with Crippen molar-refractivity contribution in [2.75, 3.05) is 12.9 Å². The van der Waals surface area contributed by atoms with Crippen LogP contribution in [0, 0.1) is 0 Å². The lowest BCUT2D eigenvalue weighted by Crippen LogP contribution is -2.17. The van der Waals surface area contributed by atoms with Crippen LogP contribution in [0.25, 0.3) is 22.0 Å². The third kappa shape index (κ3) is 2.89. The molecule has 130 valence electrons. The Balaban J connectivity index is 2.41. The van der Waals surface area contributed by atoms with E-state index in [1.54, 1.807) is 32.3 Å². The summed E-state index contributed by atoms with van der Waals surface area (Å²) < 4.78 is 31.3. The molecule has 0 aliphatic rings. The summed E-state index contributed by atoms with van der Waals surface area (Å²) in [6, 6.07) is 4.68. The summed E-state index contributed by atoms with van der Waals surface area (Å²) in [5, 5.41) is 0.355. The molecular formula is C17H17N3O4S. The average molecular weight is 359 g/mol. The number of benzene rings is 1. The lowest BCUT2D eigenvalue weighted by Gasteiger charge is -2.13. The van der Waals surface area contributed by atoms with Gasteiger partial charge in [-0.1, -0.05) is 6.92 Å². The maximum atomic E-state index is 12.3. The molecule has 0 spiro atoms. The molecule has 0 amide bonds.